The van der Waals surface area contributed by atoms with Crippen LogP contribution in [0.2, 0.25) is 0 Å². The van der Waals surface area contributed by atoms with E-state index in [1.165, 1.54) is 4.90 Å². The van der Waals surface area contributed by atoms with Crippen LogP contribution in [0.4, 0.5) is 5.69 Å². The first-order valence-electron chi connectivity index (χ1n) is 8.01. The van der Waals surface area contributed by atoms with E-state index >= 15 is 0 Å². The van der Waals surface area contributed by atoms with E-state index in [0.29, 0.717) is 17.2 Å². The van der Waals surface area contributed by atoms with Gasteiger partial charge in [-0.25, -0.2) is 4.79 Å². The second kappa shape index (κ2) is 7.25. The van der Waals surface area contributed by atoms with Crippen LogP contribution in [-0.4, -0.2) is 37.7 Å². The third-order valence-electron chi connectivity index (χ3n) is 3.93. The molecule has 1 aliphatic heterocycles. The van der Waals surface area contributed by atoms with Crippen molar-refractivity contribution in [2.24, 2.45) is 0 Å². The molecule has 2 aromatic rings. The topological polar surface area (TPSA) is 65.1 Å². The van der Waals surface area contributed by atoms with Crippen LogP contribution in [0, 0.1) is 0 Å². The van der Waals surface area contributed by atoms with E-state index in [1.54, 1.807) is 62.6 Å². The number of hydrogen-bond acceptors (Lipinski definition) is 5. The van der Waals surface area contributed by atoms with Crippen molar-refractivity contribution in [3.63, 3.8) is 0 Å². The van der Waals surface area contributed by atoms with E-state index in [2.05, 4.69) is 0 Å². The molecule has 0 saturated carbocycles. The third kappa shape index (κ3) is 3.28. The zero-order valence-corrected chi connectivity index (χ0v) is 14.0. The lowest BCUT2D eigenvalue weighted by Gasteiger charge is -2.44. The van der Waals surface area contributed by atoms with Crippen molar-refractivity contribution < 1.29 is 23.8 Å². The van der Waals surface area contributed by atoms with Crippen LogP contribution >= 0.6 is 0 Å². The van der Waals surface area contributed by atoms with Gasteiger partial charge in [-0.05, 0) is 43.3 Å². The van der Waals surface area contributed by atoms with Crippen molar-refractivity contribution in [2.45, 2.75) is 19.1 Å². The Balaban J connectivity index is 1.84. The number of benzene rings is 2. The summed E-state index contributed by atoms with van der Waals surface area (Å²) in [5, 5.41) is 0. The molecule has 2 aromatic carbocycles. The molecule has 3 rings (SSSR count). The maximum atomic E-state index is 12.6. The number of para-hydroxylation sites is 1. The Labute approximate surface area is 145 Å². The highest BCUT2D eigenvalue weighted by Gasteiger charge is 2.55. The van der Waals surface area contributed by atoms with Crippen LogP contribution in [0.3, 0.4) is 0 Å². The molecule has 0 N–H and O–H groups in total. The largest absolute Gasteiger partial charge is 0.497 e. The normalized spacial score (nSPS) is 19.1. The molecule has 0 aromatic heterocycles. The summed E-state index contributed by atoms with van der Waals surface area (Å²) in [5.41, 5.74) is 0.594. The monoisotopic (exact) mass is 341 g/mol. The van der Waals surface area contributed by atoms with E-state index in [9.17, 15) is 9.59 Å². The second-order valence-electron chi connectivity index (χ2n) is 5.45. The molecular formula is C19H19NO5. The van der Waals surface area contributed by atoms with Crippen molar-refractivity contribution in [3.8, 4) is 11.5 Å². The molecule has 0 bridgehead atoms. The van der Waals surface area contributed by atoms with E-state index in [0.717, 1.165) is 0 Å². The number of anilines is 1. The lowest BCUT2D eigenvalue weighted by atomic mass is 9.96. The van der Waals surface area contributed by atoms with Gasteiger partial charge in [0.25, 0.3) is 5.91 Å². The number of ether oxygens (including phenoxy) is 3. The molecule has 1 amide bonds. The second-order valence-corrected chi connectivity index (χ2v) is 5.45. The number of hydrogen-bond donors (Lipinski definition) is 0. The van der Waals surface area contributed by atoms with E-state index < -0.39 is 18.1 Å². The Morgan fingerprint density at radius 2 is 1.72 bits per heavy atom. The SMILES string of the molecule is CCOC(=O)[C@H]1[C@H](Oc2ccccc2)C(=O)N1c1ccc(OC)cc1. The third-order valence-corrected chi connectivity index (χ3v) is 3.93. The van der Waals surface area contributed by atoms with Gasteiger partial charge in [0.15, 0.2) is 6.04 Å². The average molecular weight is 341 g/mol. The summed E-state index contributed by atoms with van der Waals surface area (Å²) in [4.78, 5) is 26.4. The molecule has 0 spiro atoms. The summed E-state index contributed by atoms with van der Waals surface area (Å²) in [6, 6.07) is 15.0. The van der Waals surface area contributed by atoms with Crippen LogP contribution < -0.4 is 14.4 Å². The van der Waals surface area contributed by atoms with Gasteiger partial charge in [-0.3, -0.25) is 9.69 Å². The summed E-state index contributed by atoms with van der Waals surface area (Å²) < 4.78 is 16.0. The highest BCUT2D eigenvalue weighted by atomic mass is 16.5. The van der Waals surface area contributed by atoms with Crippen LogP contribution in [0.1, 0.15) is 6.92 Å². The molecule has 0 radical (unpaired) electrons. The Morgan fingerprint density at radius 3 is 2.32 bits per heavy atom. The van der Waals surface area contributed by atoms with Gasteiger partial charge in [-0.2, -0.15) is 0 Å². The lowest BCUT2D eigenvalue weighted by molar-refractivity contribution is -0.156. The fourth-order valence-electron chi connectivity index (χ4n) is 2.71. The smallest absolute Gasteiger partial charge is 0.333 e. The number of nitrogens with zero attached hydrogens (tertiary/aromatic N) is 1. The fraction of sp³-hybridized carbons (Fsp3) is 0.263. The Kier molecular flexibility index (Phi) is 4.88. The van der Waals surface area contributed by atoms with E-state index in [4.69, 9.17) is 14.2 Å². The van der Waals surface area contributed by atoms with Crippen LogP contribution in [-0.2, 0) is 14.3 Å². The first kappa shape index (κ1) is 16.8. The minimum atomic E-state index is -0.899. The molecule has 0 unspecified atom stereocenters. The minimum Gasteiger partial charge on any atom is -0.497 e. The van der Waals surface area contributed by atoms with Crippen molar-refractivity contribution in [1.82, 2.24) is 0 Å². The Hall–Kier alpha value is -3.02. The Bertz CT molecular complexity index is 744. The van der Waals surface area contributed by atoms with Gasteiger partial charge < -0.3 is 14.2 Å². The van der Waals surface area contributed by atoms with Gasteiger partial charge in [0.2, 0.25) is 6.10 Å². The molecule has 1 heterocycles. The summed E-state index contributed by atoms with van der Waals surface area (Å²) >= 11 is 0. The molecule has 2 atom stereocenters. The predicted octanol–water partition coefficient (Wildman–Crippen LogP) is 2.42. The number of methoxy groups -OCH3 is 1. The standard InChI is InChI=1S/C19H19NO5/c1-3-24-19(22)16-17(25-15-7-5-4-6-8-15)18(21)20(16)13-9-11-14(23-2)12-10-13/h4-12,16-17H,3H2,1-2H3/t16-,17+/m1/s1. The number of esters is 1. The van der Waals surface area contributed by atoms with Crippen LogP contribution in [0.15, 0.2) is 54.6 Å². The van der Waals surface area contributed by atoms with Crippen molar-refractivity contribution in [3.05, 3.63) is 54.6 Å². The molecule has 1 fully saturated rings. The number of carbonyl (C=O) groups is 2. The van der Waals surface area contributed by atoms with Crippen molar-refractivity contribution in [2.75, 3.05) is 18.6 Å². The summed E-state index contributed by atoms with van der Waals surface area (Å²) in [5.74, 6) is 0.428. The zero-order chi connectivity index (χ0) is 17.8. The molecule has 6 heteroatoms. The van der Waals surface area contributed by atoms with Gasteiger partial charge in [-0.1, -0.05) is 18.2 Å². The summed E-state index contributed by atoms with van der Waals surface area (Å²) in [6.07, 6.45) is -0.899. The molecule has 130 valence electrons. The van der Waals surface area contributed by atoms with Crippen LogP contribution in [0.25, 0.3) is 0 Å². The molecule has 25 heavy (non-hydrogen) atoms. The van der Waals surface area contributed by atoms with Crippen molar-refractivity contribution in [1.29, 1.82) is 0 Å². The van der Waals surface area contributed by atoms with Gasteiger partial charge >= 0.3 is 5.97 Å². The summed E-state index contributed by atoms with van der Waals surface area (Å²) in [7, 11) is 1.56. The van der Waals surface area contributed by atoms with Gasteiger partial charge in [-0.15, -0.1) is 0 Å². The number of β-lactam (4-membered cyclic amide) rings is 1. The first-order chi connectivity index (χ1) is 12.2. The van der Waals surface area contributed by atoms with Crippen molar-refractivity contribution >= 4 is 17.6 Å². The van der Waals surface area contributed by atoms with Gasteiger partial charge in [0.05, 0.1) is 13.7 Å². The number of rotatable bonds is 6. The van der Waals surface area contributed by atoms with Gasteiger partial charge in [0.1, 0.15) is 11.5 Å². The zero-order valence-electron chi connectivity index (χ0n) is 14.0. The highest BCUT2D eigenvalue weighted by Crippen LogP contribution is 2.33. The number of carbonyl (C=O) groups excluding carboxylic acids is 2. The van der Waals surface area contributed by atoms with E-state index in [1.807, 2.05) is 6.07 Å². The number of amides is 1. The highest BCUT2D eigenvalue weighted by molar-refractivity contribution is 6.12. The predicted molar refractivity (Wildman–Crippen MR) is 91.8 cm³/mol. The van der Waals surface area contributed by atoms with Crippen LogP contribution in [0.5, 0.6) is 11.5 Å². The quantitative estimate of drug-likeness (QED) is 0.596. The maximum absolute atomic E-state index is 12.6. The molecule has 0 aliphatic carbocycles. The van der Waals surface area contributed by atoms with E-state index in [-0.39, 0.29) is 12.5 Å². The lowest BCUT2D eigenvalue weighted by Crippen LogP contribution is -2.70. The fourth-order valence-corrected chi connectivity index (χ4v) is 2.71. The minimum absolute atomic E-state index is 0.234. The molecule has 6 nitrogen and oxygen atoms in total. The summed E-state index contributed by atoms with van der Waals surface area (Å²) in [6.45, 7) is 1.96. The molecule has 1 aliphatic rings. The molecular weight excluding hydrogens is 322 g/mol. The first-order valence-corrected chi connectivity index (χ1v) is 8.01. The molecule has 1 saturated heterocycles. The average Bonchev–Trinajstić information content (AvgIpc) is 2.65. The maximum Gasteiger partial charge on any atom is 0.333 e. The Morgan fingerprint density at radius 1 is 1.04 bits per heavy atom. The van der Waals surface area contributed by atoms with Gasteiger partial charge in [0, 0.05) is 5.69 Å².